The lowest BCUT2D eigenvalue weighted by atomic mass is 10.2. The number of rotatable bonds is 7. The fourth-order valence-corrected chi connectivity index (χ4v) is 2.63. The molecule has 1 aromatic rings. The molecule has 0 aromatic heterocycles. The van der Waals surface area contributed by atoms with Crippen molar-refractivity contribution in [2.24, 2.45) is 0 Å². The number of hydrogen-bond acceptors (Lipinski definition) is 4. The molecule has 0 saturated carbocycles. The molecule has 7 nitrogen and oxygen atoms in total. The van der Waals surface area contributed by atoms with Crippen LogP contribution in [-0.4, -0.2) is 31.2 Å². The Balaban J connectivity index is 2.77. The summed E-state index contributed by atoms with van der Waals surface area (Å²) in [7, 11) is -3.74. The number of carbonyl (C=O) groups is 2. The number of amides is 1. The van der Waals surface area contributed by atoms with Gasteiger partial charge in [0.25, 0.3) is 0 Å². The van der Waals surface area contributed by atoms with Crippen LogP contribution in [0.4, 0.5) is 15.8 Å². The smallest absolute Gasteiger partial charge is 0.303 e. The number of hydrogen-bond donors (Lipinski definition) is 3. The van der Waals surface area contributed by atoms with Crippen LogP contribution in [0, 0.1) is 5.82 Å². The second-order valence-corrected chi connectivity index (χ2v) is 6.14. The molecular formula is C12H15FN2O5S. The summed E-state index contributed by atoms with van der Waals surface area (Å²) in [4.78, 5) is 21.2. The van der Waals surface area contributed by atoms with Gasteiger partial charge in [0.1, 0.15) is 5.82 Å². The summed E-state index contributed by atoms with van der Waals surface area (Å²) in [6, 6.07) is 3.36. The molecule has 1 rings (SSSR count). The van der Waals surface area contributed by atoms with E-state index < -0.39 is 27.7 Å². The average molecular weight is 318 g/mol. The van der Waals surface area contributed by atoms with Crippen molar-refractivity contribution in [1.82, 2.24) is 0 Å². The van der Waals surface area contributed by atoms with Crippen molar-refractivity contribution < 1.29 is 27.5 Å². The lowest BCUT2D eigenvalue weighted by molar-refractivity contribution is -0.137. The monoisotopic (exact) mass is 318 g/mol. The Bertz CT molecular complexity index is 645. The zero-order valence-corrected chi connectivity index (χ0v) is 12.0. The molecule has 21 heavy (non-hydrogen) atoms. The Morgan fingerprint density at radius 3 is 2.57 bits per heavy atom. The van der Waals surface area contributed by atoms with Gasteiger partial charge in [-0.3, -0.25) is 14.3 Å². The summed E-state index contributed by atoms with van der Waals surface area (Å²) in [5.41, 5.74) is -0.0660. The molecule has 0 radical (unpaired) electrons. The zero-order valence-electron chi connectivity index (χ0n) is 11.2. The SMILES string of the molecule is CC(=O)Nc1cc(NS(=O)(=O)CCCC(=O)O)ccc1F. The van der Waals surface area contributed by atoms with Crippen molar-refractivity contribution in [3.8, 4) is 0 Å². The number of carboxylic acids is 1. The molecule has 0 aliphatic rings. The van der Waals surface area contributed by atoms with Crippen LogP contribution in [0.5, 0.6) is 0 Å². The minimum Gasteiger partial charge on any atom is -0.481 e. The predicted molar refractivity (Wildman–Crippen MR) is 75.0 cm³/mol. The first-order valence-corrected chi connectivity index (χ1v) is 7.64. The van der Waals surface area contributed by atoms with Crippen molar-refractivity contribution in [3.05, 3.63) is 24.0 Å². The van der Waals surface area contributed by atoms with E-state index in [4.69, 9.17) is 5.11 Å². The highest BCUT2D eigenvalue weighted by Crippen LogP contribution is 2.20. The molecule has 0 atom stereocenters. The van der Waals surface area contributed by atoms with Gasteiger partial charge in [0.15, 0.2) is 0 Å². The van der Waals surface area contributed by atoms with Crippen LogP contribution >= 0.6 is 0 Å². The van der Waals surface area contributed by atoms with E-state index >= 15 is 0 Å². The standard InChI is InChI=1S/C12H15FN2O5S/c1-8(16)14-11-7-9(4-5-10(11)13)15-21(19,20)6-2-3-12(17)18/h4-5,7,15H,2-3,6H2,1H3,(H,14,16)(H,17,18). The first-order chi connectivity index (χ1) is 9.69. The highest BCUT2D eigenvalue weighted by Gasteiger charge is 2.13. The van der Waals surface area contributed by atoms with Gasteiger partial charge >= 0.3 is 5.97 Å². The van der Waals surface area contributed by atoms with E-state index in [1.165, 1.54) is 13.0 Å². The first-order valence-electron chi connectivity index (χ1n) is 5.99. The quantitative estimate of drug-likeness (QED) is 0.703. The van der Waals surface area contributed by atoms with Crippen LogP contribution in [0.25, 0.3) is 0 Å². The number of halogens is 1. The van der Waals surface area contributed by atoms with Crippen molar-refractivity contribution in [2.75, 3.05) is 15.8 Å². The fourth-order valence-electron chi connectivity index (χ4n) is 1.52. The zero-order chi connectivity index (χ0) is 16.0. The Labute approximate surface area is 121 Å². The second kappa shape index (κ2) is 7.02. The Morgan fingerprint density at radius 1 is 1.33 bits per heavy atom. The van der Waals surface area contributed by atoms with E-state index in [1.807, 2.05) is 0 Å². The number of carboxylic acid groups (broad SMARTS) is 1. The van der Waals surface area contributed by atoms with Crippen LogP contribution < -0.4 is 10.0 Å². The number of carbonyl (C=O) groups excluding carboxylic acids is 1. The molecule has 1 amide bonds. The molecule has 0 unspecified atom stereocenters. The third kappa shape index (κ3) is 6.21. The number of benzene rings is 1. The lowest BCUT2D eigenvalue weighted by Gasteiger charge is -2.10. The first kappa shape index (κ1) is 16.9. The Kier molecular flexibility index (Phi) is 5.65. The van der Waals surface area contributed by atoms with Gasteiger partial charge < -0.3 is 10.4 Å². The Morgan fingerprint density at radius 2 is 2.00 bits per heavy atom. The third-order valence-corrected chi connectivity index (χ3v) is 3.73. The van der Waals surface area contributed by atoms with Gasteiger partial charge in [-0.25, -0.2) is 12.8 Å². The molecule has 3 N–H and O–H groups in total. The van der Waals surface area contributed by atoms with Gasteiger partial charge in [-0.1, -0.05) is 0 Å². The summed E-state index contributed by atoms with van der Waals surface area (Å²) in [6.07, 6.45) is -0.300. The third-order valence-electron chi connectivity index (χ3n) is 2.35. The van der Waals surface area contributed by atoms with E-state index in [0.717, 1.165) is 12.1 Å². The van der Waals surface area contributed by atoms with E-state index in [0.29, 0.717) is 0 Å². The fraction of sp³-hybridized carbons (Fsp3) is 0.333. The molecule has 0 spiro atoms. The summed E-state index contributed by atoms with van der Waals surface area (Å²) in [5.74, 6) is -2.64. The topological polar surface area (TPSA) is 113 Å². The summed E-state index contributed by atoms with van der Waals surface area (Å²) in [6.45, 7) is 1.20. The summed E-state index contributed by atoms with van der Waals surface area (Å²) < 4.78 is 39.0. The second-order valence-electron chi connectivity index (χ2n) is 4.29. The molecular weight excluding hydrogens is 303 g/mol. The molecule has 1 aromatic carbocycles. The number of sulfonamides is 1. The summed E-state index contributed by atoms with van der Waals surface area (Å²) in [5, 5.41) is 10.7. The van der Waals surface area contributed by atoms with Crippen LogP contribution in [0.1, 0.15) is 19.8 Å². The van der Waals surface area contributed by atoms with E-state index in [1.54, 1.807) is 0 Å². The van der Waals surface area contributed by atoms with E-state index in [9.17, 15) is 22.4 Å². The largest absolute Gasteiger partial charge is 0.481 e. The number of aliphatic carboxylic acids is 1. The maximum Gasteiger partial charge on any atom is 0.303 e. The van der Waals surface area contributed by atoms with Crippen LogP contribution in [0.15, 0.2) is 18.2 Å². The Hall–Kier alpha value is -2.16. The normalized spacial score (nSPS) is 11.0. The van der Waals surface area contributed by atoms with E-state index in [-0.39, 0.29) is 30.0 Å². The minimum atomic E-state index is -3.74. The molecule has 116 valence electrons. The van der Waals surface area contributed by atoms with Gasteiger partial charge in [-0.05, 0) is 24.6 Å². The summed E-state index contributed by atoms with van der Waals surface area (Å²) >= 11 is 0. The van der Waals surface area contributed by atoms with Gasteiger partial charge in [0, 0.05) is 13.3 Å². The van der Waals surface area contributed by atoms with Crippen LogP contribution in [0.3, 0.4) is 0 Å². The highest BCUT2D eigenvalue weighted by atomic mass is 32.2. The molecule has 0 saturated heterocycles. The van der Waals surface area contributed by atoms with Crippen LogP contribution in [-0.2, 0) is 19.6 Å². The maximum absolute atomic E-state index is 13.4. The molecule has 0 heterocycles. The molecule has 0 aliphatic heterocycles. The number of anilines is 2. The van der Waals surface area contributed by atoms with Crippen molar-refractivity contribution in [2.45, 2.75) is 19.8 Å². The number of nitrogens with one attached hydrogen (secondary N) is 2. The molecule has 0 fully saturated rings. The van der Waals surface area contributed by atoms with Crippen molar-refractivity contribution >= 4 is 33.3 Å². The van der Waals surface area contributed by atoms with Crippen molar-refractivity contribution in [1.29, 1.82) is 0 Å². The van der Waals surface area contributed by atoms with Gasteiger partial charge in [0.2, 0.25) is 15.9 Å². The lowest BCUT2D eigenvalue weighted by Crippen LogP contribution is -2.18. The van der Waals surface area contributed by atoms with E-state index in [2.05, 4.69) is 10.0 Å². The maximum atomic E-state index is 13.4. The molecule has 0 aliphatic carbocycles. The highest BCUT2D eigenvalue weighted by molar-refractivity contribution is 7.92. The van der Waals surface area contributed by atoms with Gasteiger partial charge in [-0.2, -0.15) is 0 Å². The molecule has 0 bridgehead atoms. The molecule has 9 heteroatoms. The van der Waals surface area contributed by atoms with Gasteiger partial charge in [0.05, 0.1) is 17.1 Å². The van der Waals surface area contributed by atoms with Gasteiger partial charge in [-0.15, -0.1) is 0 Å². The van der Waals surface area contributed by atoms with Crippen molar-refractivity contribution in [3.63, 3.8) is 0 Å². The predicted octanol–water partition coefficient (Wildman–Crippen LogP) is 1.39. The average Bonchev–Trinajstić information content (AvgIpc) is 2.31. The minimum absolute atomic E-state index is 0.0373. The van der Waals surface area contributed by atoms with Crippen LogP contribution in [0.2, 0.25) is 0 Å².